The van der Waals surface area contributed by atoms with E-state index in [0.717, 1.165) is 16.9 Å². The molecule has 0 fully saturated rings. The lowest BCUT2D eigenvalue weighted by atomic mass is 10.2. The van der Waals surface area contributed by atoms with Gasteiger partial charge in [0.1, 0.15) is 18.9 Å². The Hall–Kier alpha value is -3.22. The number of rotatable bonds is 7. The minimum Gasteiger partial charge on any atom is -0.492 e. The number of ether oxygens (including phenoxy) is 1. The van der Waals surface area contributed by atoms with E-state index in [2.05, 4.69) is 20.7 Å². The van der Waals surface area contributed by atoms with Crippen LogP contribution in [0.25, 0.3) is 11.4 Å². The van der Waals surface area contributed by atoms with E-state index < -0.39 is 0 Å². The van der Waals surface area contributed by atoms with Gasteiger partial charge in [0, 0.05) is 5.56 Å². The van der Waals surface area contributed by atoms with Gasteiger partial charge in [-0.15, -0.1) is 10.2 Å². The van der Waals surface area contributed by atoms with Crippen molar-refractivity contribution < 1.29 is 9.53 Å². The van der Waals surface area contributed by atoms with Gasteiger partial charge < -0.3 is 10.1 Å². The largest absolute Gasteiger partial charge is 0.492 e. The molecule has 0 saturated heterocycles. The standard InChI is InChI=1S/C18H19N5O2/c1-14-6-5-9-16(12-14)25-11-10-19-17(24)13-23-21-18(20-22-23)15-7-3-2-4-8-15/h2-9,12H,10-11,13H2,1H3,(H,19,24). The van der Waals surface area contributed by atoms with Gasteiger partial charge in [-0.3, -0.25) is 4.79 Å². The second-order valence-electron chi connectivity index (χ2n) is 5.52. The van der Waals surface area contributed by atoms with Crippen LogP contribution in [0.15, 0.2) is 54.6 Å². The Morgan fingerprint density at radius 3 is 2.80 bits per heavy atom. The Labute approximate surface area is 145 Å². The summed E-state index contributed by atoms with van der Waals surface area (Å²) >= 11 is 0. The predicted octanol–water partition coefficient (Wildman–Crippen LogP) is 1.84. The number of amides is 1. The predicted molar refractivity (Wildman–Crippen MR) is 92.9 cm³/mol. The van der Waals surface area contributed by atoms with Crippen LogP contribution in [0.4, 0.5) is 0 Å². The summed E-state index contributed by atoms with van der Waals surface area (Å²) in [6.07, 6.45) is 0. The van der Waals surface area contributed by atoms with Gasteiger partial charge in [-0.25, -0.2) is 0 Å². The molecule has 0 unspecified atom stereocenters. The fourth-order valence-electron chi connectivity index (χ4n) is 2.26. The van der Waals surface area contributed by atoms with Gasteiger partial charge in [0.25, 0.3) is 0 Å². The van der Waals surface area contributed by atoms with Gasteiger partial charge in [0.2, 0.25) is 11.7 Å². The molecular weight excluding hydrogens is 318 g/mol. The average molecular weight is 337 g/mol. The zero-order valence-electron chi connectivity index (χ0n) is 13.9. The topological polar surface area (TPSA) is 81.9 Å². The van der Waals surface area contributed by atoms with E-state index in [4.69, 9.17) is 4.74 Å². The molecule has 0 saturated carbocycles. The number of aromatic nitrogens is 4. The number of carbonyl (C=O) groups excluding carboxylic acids is 1. The highest BCUT2D eigenvalue weighted by molar-refractivity contribution is 5.75. The first-order chi connectivity index (χ1) is 12.2. The zero-order chi connectivity index (χ0) is 17.5. The molecule has 0 aliphatic carbocycles. The third-order valence-corrected chi connectivity index (χ3v) is 3.45. The van der Waals surface area contributed by atoms with Crippen molar-refractivity contribution in [3.05, 3.63) is 60.2 Å². The Morgan fingerprint density at radius 2 is 2.00 bits per heavy atom. The second kappa shape index (κ2) is 8.05. The first kappa shape index (κ1) is 16.6. The molecule has 0 bridgehead atoms. The fraction of sp³-hybridized carbons (Fsp3) is 0.222. The summed E-state index contributed by atoms with van der Waals surface area (Å²) in [5.41, 5.74) is 1.99. The molecule has 7 heteroatoms. The molecule has 1 heterocycles. The van der Waals surface area contributed by atoms with Crippen molar-refractivity contribution >= 4 is 5.91 Å². The molecule has 1 amide bonds. The number of nitrogens with one attached hydrogen (secondary N) is 1. The van der Waals surface area contributed by atoms with E-state index in [0.29, 0.717) is 19.0 Å². The molecule has 0 radical (unpaired) electrons. The molecule has 0 aliphatic rings. The van der Waals surface area contributed by atoms with Crippen LogP contribution >= 0.6 is 0 Å². The lowest BCUT2D eigenvalue weighted by molar-refractivity contribution is -0.122. The number of hydrogen-bond donors (Lipinski definition) is 1. The number of benzene rings is 2. The lowest BCUT2D eigenvalue weighted by Gasteiger charge is -2.08. The molecule has 0 atom stereocenters. The molecule has 25 heavy (non-hydrogen) atoms. The summed E-state index contributed by atoms with van der Waals surface area (Å²) in [5, 5.41) is 14.8. The quantitative estimate of drug-likeness (QED) is 0.665. The Balaban J connectivity index is 1.43. The van der Waals surface area contributed by atoms with Gasteiger partial charge in [-0.1, -0.05) is 42.5 Å². The van der Waals surface area contributed by atoms with E-state index in [-0.39, 0.29) is 12.5 Å². The molecule has 128 valence electrons. The highest BCUT2D eigenvalue weighted by atomic mass is 16.5. The minimum atomic E-state index is -0.190. The highest BCUT2D eigenvalue weighted by Crippen LogP contribution is 2.12. The van der Waals surface area contributed by atoms with Crippen molar-refractivity contribution in [1.82, 2.24) is 25.5 Å². The number of hydrogen-bond acceptors (Lipinski definition) is 5. The van der Waals surface area contributed by atoms with Crippen molar-refractivity contribution in [1.29, 1.82) is 0 Å². The first-order valence-corrected chi connectivity index (χ1v) is 8.00. The van der Waals surface area contributed by atoms with Crippen LogP contribution in [0, 0.1) is 6.92 Å². The monoisotopic (exact) mass is 337 g/mol. The third-order valence-electron chi connectivity index (χ3n) is 3.45. The van der Waals surface area contributed by atoms with Crippen LogP contribution in [0.5, 0.6) is 5.75 Å². The molecule has 0 spiro atoms. The smallest absolute Gasteiger partial charge is 0.243 e. The van der Waals surface area contributed by atoms with Gasteiger partial charge >= 0.3 is 0 Å². The molecule has 2 aromatic carbocycles. The van der Waals surface area contributed by atoms with Gasteiger partial charge in [-0.2, -0.15) is 4.80 Å². The number of nitrogens with zero attached hydrogens (tertiary/aromatic N) is 4. The van der Waals surface area contributed by atoms with Crippen LogP contribution in [-0.2, 0) is 11.3 Å². The summed E-state index contributed by atoms with van der Waals surface area (Å²) in [6.45, 7) is 2.83. The molecule has 3 aromatic rings. The van der Waals surface area contributed by atoms with Crippen molar-refractivity contribution in [2.45, 2.75) is 13.5 Å². The first-order valence-electron chi connectivity index (χ1n) is 8.00. The highest BCUT2D eigenvalue weighted by Gasteiger charge is 2.08. The average Bonchev–Trinajstić information content (AvgIpc) is 3.08. The van der Waals surface area contributed by atoms with Crippen molar-refractivity contribution in [2.24, 2.45) is 0 Å². The van der Waals surface area contributed by atoms with Gasteiger partial charge in [-0.05, 0) is 29.8 Å². The van der Waals surface area contributed by atoms with Crippen LogP contribution in [0.2, 0.25) is 0 Å². The minimum absolute atomic E-state index is 0.0181. The zero-order valence-corrected chi connectivity index (χ0v) is 13.9. The van der Waals surface area contributed by atoms with E-state index in [1.54, 1.807) is 0 Å². The maximum Gasteiger partial charge on any atom is 0.243 e. The van der Waals surface area contributed by atoms with E-state index in [9.17, 15) is 4.79 Å². The van der Waals surface area contributed by atoms with E-state index in [1.165, 1.54) is 4.80 Å². The summed E-state index contributed by atoms with van der Waals surface area (Å²) < 4.78 is 5.58. The molecule has 7 nitrogen and oxygen atoms in total. The summed E-state index contributed by atoms with van der Waals surface area (Å²) in [4.78, 5) is 13.2. The van der Waals surface area contributed by atoms with Gasteiger partial charge in [0.15, 0.2) is 0 Å². The normalized spacial score (nSPS) is 10.4. The molecular formula is C18H19N5O2. The molecule has 1 N–H and O–H groups in total. The van der Waals surface area contributed by atoms with Crippen LogP contribution < -0.4 is 10.1 Å². The summed E-state index contributed by atoms with van der Waals surface area (Å²) in [6, 6.07) is 17.3. The Bertz CT molecular complexity index is 832. The Kier molecular flexibility index (Phi) is 5.36. The SMILES string of the molecule is Cc1cccc(OCCNC(=O)Cn2nnc(-c3ccccc3)n2)c1. The molecule has 0 aliphatic heterocycles. The third kappa shape index (κ3) is 4.87. The summed E-state index contributed by atoms with van der Waals surface area (Å²) in [5.74, 6) is 1.10. The van der Waals surface area contributed by atoms with Crippen LogP contribution in [-0.4, -0.2) is 39.3 Å². The van der Waals surface area contributed by atoms with Gasteiger partial charge in [0.05, 0.1) is 6.54 Å². The number of carbonyl (C=O) groups is 1. The fourth-order valence-corrected chi connectivity index (χ4v) is 2.26. The number of aryl methyl sites for hydroxylation is 1. The molecule has 3 rings (SSSR count). The van der Waals surface area contributed by atoms with Crippen molar-refractivity contribution in [3.63, 3.8) is 0 Å². The van der Waals surface area contributed by atoms with Crippen LogP contribution in [0.3, 0.4) is 0 Å². The Morgan fingerprint density at radius 1 is 1.16 bits per heavy atom. The maximum absolute atomic E-state index is 11.9. The maximum atomic E-state index is 11.9. The van der Waals surface area contributed by atoms with E-state index in [1.807, 2.05) is 61.5 Å². The van der Waals surface area contributed by atoms with Crippen molar-refractivity contribution in [2.75, 3.05) is 13.2 Å². The molecule has 1 aromatic heterocycles. The van der Waals surface area contributed by atoms with E-state index >= 15 is 0 Å². The van der Waals surface area contributed by atoms with Crippen LogP contribution in [0.1, 0.15) is 5.56 Å². The summed E-state index contributed by atoms with van der Waals surface area (Å²) in [7, 11) is 0. The number of tetrazole rings is 1. The van der Waals surface area contributed by atoms with Crippen molar-refractivity contribution in [3.8, 4) is 17.1 Å². The lowest BCUT2D eigenvalue weighted by Crippen LogP contribution is -2.31. The second-order valence-corrected chi connectivity index (χ2v) is 5.52.